The van der Waals surface area contributed by atoms with Gasteiger partial charge < -0.3 is 38.5 Å². The van der Waals surface area contributed by atoms with Gasteiger partial charge in [-0.15, -0.1) is 49.0 Å². The zero-order chi connectivity index (χ0) is 39.7. The summed E-state index contributed by atoms with van der Waals surface area (Å²) in [6.45, 7) is 2.15. The lowest BCUT2D eigenvalue weighted by Crippen LogP contribution is -2.25. The first kappa shape index (κ1) is 36.0. The Labute approximate surface area is 356 Å². The third kappa shape index (κ3) is 6.22. The third-order valence-electron chi connectivity index (χ3n) is 9.87. The van der Waals surface area contributed by atoms with E-state index in [1.165, 1.54) is 35.3 Å². The first-order chi connectivity index (χ1) is 29.6. The largest absolute Gasteiger partial charge is 0.486 e. The topological polar surface area (TPSA) is 210 Å². The van der Waals surface area contributed by atoms with Crippen LogP contribution in [0, 0.1) is 6.20 Å². The van der Waals surface area contributed by atoms with Gasteiger partial charge in [-0.25, -0.2) is 9.97 Å². The second kappa shape index (κ2) is 14.7. The molecule has 12 heterocycles. The highest BCUT2D eigenvalue weighted by atomic mass is 32.2. The molecule has 0 fully saturated rings. The van der Waals surface area contributed by atoms with E-state index in [2.05, 4.69) is 36.9 Å². The lowest BCUT2D eigenvalue weighted by molar-refractivity contribution is -0.113. The Bertz CT molecular complexity index is 2790. The number of amides is 1. The molecule has 0 saturated heterocycles. The minimum Gasteiger partial charge on any atom is -0.486 e. The van der Waals surface area contributed by atoms with Crippen LogP contribution in [-0.2, 0) is 4.79 Å². The van der Waals surface area contributed by atoms with E-state index < -0.39 is 11.4 Å². The van der Waals surface area contributed by atoms with E-state index in [1.54, 1.807) is 30.1 Å². The van der Waals surface area contributed by atoms with Crippen molar-refractivity contribution in [2.75, 3.05) is 55.8 Å². The maximum atomic E-state index is 12.5. The summed E-state index contributed by atoms with van der Waals surface area (Å²) < 4.78 is 42.3. The molecule has 0 bridgehead atoms. The van der Waals surface area contributed by atoms with Crippen LogP contribution < -0.4 is 38.5 Å². The van der Waals surface area contributed by atoms with Crippen molar-refractivity contribution >= 4 is 58.8 Å². The Hall–Kier alpha value is -5.84. The van der Waals surface area contributed by atoms with Crippen LogP contribution in [0.2, 0.25) is 0 Å². The number of carbonyl (C=O) groups is 1. The van der Waals surface area contributed by atoms with Gasteiger partial charge in [-0.2, -0.15) is 5.10 Å². The predicted molar refractivity (Wildman–Crippen MR) is 215 cm³/mol. The molecule has 2 atom stereocenters. The molecule has 6 aliphatic rings. The average Bonchev–Trinajstić information content (AvgIpc) is 3.80. The van der Waals surface area contributed by atoms with Crippen LogP contribution in [0.3, 0.4) is 0 Å². The van der Waals surface area contributed by atoms with Gasteiger partial charge in [0, 0.05) is 23.4 Å². The molecule has 60 heavy (non-hydrogen) atoms. The molecule has 6 aromatic heterocycles. The maximum absolute atomic E-state index is 12.5. The van der Waals surface area contributed by atoms with E-state index in [4.69, 9.17) is 53.3 Å². The zero-order valence-electron chi connectivity index (χ0n) is 30.7. The van der Waals surface area contributed by atoms with Crippen molar-refractivity contribution in [1.82, 2.24) is 45.5 Å². The highest BCUT2D eigenvalue weighted by Gasteiger charge is 2.41. The van der Waals surface area contributed by atoms with Crippen molar-refractivity contribution in [3.8, 4) is 74.4 Å². The number of nitrogens with one attached hydrogen (secondary N) is 1. The fraction of sp³-hybridized carbons (Fsp3) is 0.263. The van der Waals surface area contributed by atoms with Crippen molar-refractivity contribution < 1.29 is 38.0 Å². The molecular formula is C38H25N10O8S4. The van der Waals surface area contributed by atoms with Gasteiger partial charge >= 0.3 is 0 Å². The molecule has 0 aromatic carbocycles. The number of fused-ring (bicyclic) bond motifs is 6. The van der Waals surface area contributed by atoms with E-state index in [0.717, 1.165) is 20.4 Å². The summed E-state index contributed by atoms with van der Waals surface area (Å²) in [4.78, 5) is 29.2. The monoisotopic (exact) mass is 877 g/mol. The second-order valence-electron chi connectivity index (χ2n) is 13.5. The summed E-state index contributed by atoms with van der Waals surface area (Å²) in [5.74, 6) is 4.96. The summed E-state index contributed by atoms with van der Waals surface area (Å²) in [5, 5.41) is 30.5. The number of aromatic nitrogens is 9. The summed E-state index contributed by atoms with van der Waals surface area (Å²) >= 11 is 5.91. The van der Waals surface area contributed by atoms with Gasteiger partial charge in [0.1, 0.15) is 61.5 Å². The summed E-state index contributed by atoms with van der Waals surface area (Å²) in [7, 11) is 0. The number of hydrogen-bond acceptors (Lipinski definition) is 21. The van der Waals surface area contributed by atoms with Crippen molar-refractivity contribution in [3.05, 3.63) is 54.1 Å². The van der Waals surface area contributed by atoms with E-state index in [9.17, 15) is 4.79 Å². The van der Waals surface area contributed by atoms with Crippen molar-refractivity contribution in [2.24, 2.45) is 0 Å². The van der Waals surface area contributed by atoms with Gasteiger partial charge in [-0.3, -0.25) is 9.78 Å². The normalized spacial score (nSPS) is 19.3. The number of ether oxygens (including phenoxy) is 7. The van der Waals surface area contributed by atoms with Gasteiger partial charge in [0.25, 0.3) is 5.88 Å². The van der Waals surface area contributed by atoms with Crippen LogP contribution in [0.25, 0.3) is 33.9 Å². The van der Waals surface area contributed by atoms with Gasteiger partial charge in [0.15, 0.2) is 39.9 Å². The molecule has 0 spiro atoms. The molecule has 299 valence electrons. The van der Waals surface area contributed by atoms with Crippen LogP contribution in [-0.4, -0.2) is 102 Å². The van der Waals surface area contributed by atoms with Gasteiger partial charge in [-0.05, 0) is 18.2 Å². The fourth-order valence-corrected chi connectivity index (χ4v) is 10.8. The number of anilines is 1. The molecule has 22 heteroatoms. The molecule has 6 aromatic rings. The van der Waals surface area contributed by atoms with E-state index in [1.807, 2.05) is 18.2 Å². The predicted octanol–water partition coefficient (Wildman–Crippen LogP) is 5.52. The summed E-state index contributed by atoms with van der Waals surface area (Å²) in [5.41, 5.74) is 4.00. The fourth-order valence-electron chi connectivity index (χ4n) is 7.20. The highest BCUT2D eigenvalue weighted by molar-refractivity contribution is 8.00. The first-order valence-electron chi connectivity index (χ1n) is 18.5. The van der Waals surface area contributed by atoms with Crippen molar-refractivity contribution in [3.63, 3.8) is 0 Å². The SMILES string of the molecule is O=C1CSc2ccc(C3Oc4c(nnc(-c5[c]nc(-c6cc7c(cn6)OCCO7)c6c5SCO6)c4-c4cc5c(nn4)OCCS5)SC3c3cc4c(nn3)OCCO4)nc2N1. The maximum Gasteiger partial charge on any atom is 0.276 e. The molecule has 0 aliphatic carbocycles. The first-order valence-corrected chi connectivity index (χ1v) is 22.4. The Morgan fingerprint density at radius 1 is 0.717 bits per heavy atom. The Morgan fingerprint density at radius 2 is 1.58 bits per heavy atom. The Balaban J connectivity index is 1.03. The van der Waals surface area contributed by atoms with Crippen LogP contribution in [0.15, 0.2) is 56.2 Å². The number of pyridine rings is 3. The van der Waals surface area contributed by atoms with Crippen LogP contribution in [0.4, 0.5) is 5.82 Å². The molecule has 6 aliphatic heterocycles. The summed E-state index contributed by atoms with van der Waals surface area (Å²) in [6, 6.07) is 9.33. The highest BCUT2D eigenvalue weighted by Crippen LogP contribution is 2.58. The van der Waals surface area contributed by atoms with E-state index in [-0.39, 0.29) is 5.91 Å². The molecule has 2 unspecified atom stereocenters. The van der Waals surface area contributed by atoms with Gasteiger partial charge in [-0.1, -0.05) is 23.5 Å². The van der Waals surface area contributed by atoms with Gasteiger partial charge in [0.2, 0.25) is 11.8 Å². The van der Waals surface area contributed by atoms with E-state index in [0.29, 0.717) is 141 Å². The number of hydrogen-bond donors (Lipinski definition) is 1. The number of nitrogens with zero attached hydrogens (tertiary/aromatic N) is 9. The lowest BCUT2D eigenvalue weighted by Gasteiger charge is -2.33. The second-order valence-corrected chi connectivity index (χ2v) is 17.7. The smallest absolute Gasteiger partial charge is 0.276 e. The number of carbonyl (C=O) groups excluding carboxylic acids is 1. The van der Waals surface area contributed by atoms with Crippen LogP contribution in [0.5, 0.6) is 40.5 Å². The summed E-state index contributed by atoms with van der Waals surface area (Å²) in [6.07, 6.45) is 4.08. The standard InChI is InChI=1S/C38H25N10O8S4/c49-26-14-58-24-2-1-17(41-35(24)42-26)30-34(20-10-22-36(46-44-20)53-6-5-51-22)60-38-31(56-30)27(18-11-25-37(47-43-18)54-7-8-57-25)28(45-48-38)16-12-40-29(32-33(16)59-15-55-32)19-9-21-23(13-39-19)52-4-3-50-21/h1-2,9-11,13,30,34H,3-8,14-15H2,(H,41,42,49). The van der Waals surface area contributed by atoms with Crippen LogP contribution >= 0.6 is 47.0 Å². The van der Waals surface area contributed by atoms with Crippen LogP contribution in [0.1, 0.15) is 22.7 Å². The Kier molecular flexibility index (Phi) is 8.84. The molecular weight excluding hydrogens is 853 g/mol. The van der Waals surface area contributed by atoms with Gasteiger partial charge in [0.05, 0.1) is 61.1 Å². The zero-order valence-corrected chi connectivity index (χ0v) is 34.0. The number of thioether (sulfide) groups is 4. The average molecular weight is 878 g/mol. The number of rotatable bonds is 5. The Morgan fingerprint density at radius 3 is 2.53 bits per heavy atom. The van der Waals surface area contributed by atoms with Crippen molar-refractivity contribution in [2.45, 2.75) is 31.1 Å². The third-order valence-corrected chi connectivity index (χ3v) is 14.0. The minimum atomic E-state index is -0.790. The molecule has 18 nitrogen and oxygen atoms in total. The minimum absolute atomic E-state index is 0.138. The van der Waals surface area contributed by atoms with Crippen molar-refractivity contribution in [1.29, 1.82) is 0 Å². The molecule has 1 N–H and O–H groups in total. The molecule has 1 radical (unpaired) electrons. The quantitative estimate of drug-likeness (QED) is 0.226. The molecule has 0 saturated carbocycles. The lowest BCUT2D eigenvalue weighted by atomic mass is 10.0. The molecule has 1 amide bonds. The molecule has 12 rings (SSSR count). The van der Waals surface area contributed by atoms with E-state index >= 15 is 0 Å².